The Balaban J connectivity index is 2.08. The summed E-state index contributed by atoms with van der Waals surface area (Å²) < 4.78 is 53.7. The number of methoxy groups -OCH3 is 1. The molecular formula is C17H14F3N3O2S. The lowest BCUT2D eigenvalue weighted by Crippen LogP contribution is -2.08. The van der Waals surface area contributed by atoms with Gasteiger partial charge in [-0.05, 0) is 36.4 Å². The summed E-state index contributed by atoms with van der Waals surface area (Å²) in [4.78, 5) is 3.89. The van der Waals surface area contributed by atoms with Gasteiger partial charge < -0.3 is 14.2 Å². The Kier molecular flexibility index (Phi) is 5.10. The molecule has 9 heteroatoms. The molecule has 3 N–H and O–H groups in total. The number of anilines is 1. The molecule has 3 rings (SSSR count). The molecule has 136 valence electrons. The molecule has 2 aromatic carbocycles. The van der Waals surface area contributed by atoms with Crippen LogP contribution in [0.25, 0.3) is 10.9 Å². The average molecular weight is 381 g/mol. The Hall–Kier alpha value is -2.65. The van der Waals surface area contributed by atoms with Crippen LogP contribution in [0.4, 0.5) is 18.9 Å². The van der Waals surface area contributed by atoms with Crippen molar-refractivity contribution >= 4 is 28.7 Å². The first-order valence-electron chi connectivity index (χ1n) is 7.36. The number of nitrogens with zero attached hydrogens (tertiary/aromatic N) is 1. The standard InChI is InChI=1S/C17H14F3N3O2S/c1-24-12-6-7-13-15(8-12)22-9-14(17(18,19)20)16(13)25-11-4-2-10(3-5-11)23-26-21/h2-9,23H,21H2,1H3. The van der Waals surface area contributed by atoms with Crippen molar-refractivity contribution in [2.75, 3.05) is 11.8 Å². The fraction of sp³-hybridized carbons (Fsp3) is 0.118. The first kappa shape index (κ1) is 18.2. The van der Waals surface area contributed by atoms with E-state index in [1.807, 2.05) is 0 Å². The van der Waals surface area contributed by atoms with Gasteiger partial charge in [0.1, 0.15) is 17.1 Å². The van der Waals surface area contributed by atoms with Gasteiger partial charge in [-0.2, -0.15) is 13.2 Å². The second kappa shape index (κ2) is 7.30. The molecular weight excluding hydrogens is 367 g/mol. The van der Waals surface area contributed by atoms with Crippen LogP contribution in [0.2, 0.25) is 0 Å². The molecule has 3 aromatic rings. The molecule has 0 bridgehead atoms. The van der Waals surface area contributed by atoms with Crippen LogP contribution >= 0.6 is 12.1 Å². The zero-order valence-electron chi connectivity index (χ0n) is 13.5. The molecule has 0 spiro atoms. The summed E-state index contributed by atoms with van der Waals surface area (Å²) in [5, 5.41) is 5.54. The molecule has 0 atom stereocenters. The summed E-state index contributed by atoms with van der Waals surface area (Å²) in [5.74, 6) is 0.441. The van der Waals surface area contributed by atoms with E-state index in [1.165, 1.54) is 13.2 Å². The molecule has 0 saturated heterocycles. The molecule has 0 radical (unpaired) electrons. The molecule has 0 fully saturated rings. The second-order valence-corrected chi connectivity index (χ2v) is 5.67. The first-order valence-corrected chi connectivity index (χ1v) is 8.24. The van der Waals surface area contributed by atoms with Gasteiger partial charge in [-0.15, -0.1) is 0 Å². The minimum atomic E-state index is -4.60. The molecule has 26 heavy (non-hydrogen) atoms. The minimum absolute atomic E-state index is 0.236. The predicted octanol–water partition coefficient (Wildman–Crippen LogP) is 4.99. The van der Waals surface area contributed by atoms with Gasteiger partial charge in [-0.1, -0.05) is 0 Å². The van der Waals surface area contributed by atoms with Gasteiger partial charge in [0.25, 0.3) is 0 Å². The summed E-state index contributed by atoms with van der Waals surface area (Å²) in [7, 11) is 1.47. The Morgan fingerprint density at radius 3 is 2.38 bits per heavy atom. The van der Waals surface area contributed by atoms with Crippen molar-refractivity contribution in [3.63, 3.8) is 0 Å². The summed E-state index contributed by atoms with van der Waals surface area (Å²) in [6.45, 7) is 0. The molecule has 1 aromatic heterocycles. The van der Waals surface area contributed by atoms with Gasteiger partial charge >= 0.3 is 6.18 Å². The van der Waals surface area contributed by atoms with Crippen LogP contribution in [-0.4, -0.2) is 12.1 Å². The van der Waals surface area contributed by atoms with E-state index in [9.17, 15) is 13.2 Å². The van der Waals surface area contributed by atoms with Crippen LogP contribution in [0, 0.1) is 0 Å². The fourth-order valence-electron chi connectivity index (χ4n) is 2.36. The third kappa shape index (κ3) is 3.78. The maximum absolute atomic E-state index is 13.4. The van der Waals surface area contributed by atoms with Crippen LogP contribution in [0.5, 0.6) is 17.2 Å². The lowest BCUT2D eigenvalue weighted by atomic mass is 10.1. The lowest BCUT2D eigenvalue weighted by Gasteiger charge is -2.16. The van der Waals surface area contributed by atoms with Gasteiger partial charge in [-0.3, -0.25) is 10.1 Å². The maximum atomic E-state index is 13.4. The molecule has 0 aliphatic heterocycles. The highest BCUT2D eigenvalue weighted by Crippen LogP contribution is 2.42. The van der Waals surface area contributed by atoms with Crippen LogP contribution in [0.3, 0.4) is 0 Å². The molecule has 0 saturated carbocycles. The van der Waals surface area contributed by atoms with Crippen LogP contribution in [-0.2, 0) is 6.18 Å². The monoisotopic (exact) mass is 381 g/mol. The SMILES string of the molecule is COc1ccc2c(Oc3ccc(NSN)cc3)c(C(F)(F)F)cnc2c1. The summed E-state index contributed by atoms with van der Waals surface area (Å²) in [6.07, 6.45) is -3.84. The van der Waals surface area contributed by atoms with Crippen molar-refractivity contribution in [1.82, 2.24) is 4.98 Å². The number of hydrogen-bond acceptors (Lipinski definition) is 6. The van der Waals surface area contributed by atoms with E-state index < -0.39 is 11.7 Å². The van der Waals surface area contributed by atoms with Crippen molar-refractivity contribution in [2.45, 2.75) is 6.18 Å². The Labute approximate surface area is 151 Å². The molecule has 5 nitrogen and oxygen atoms in total. The number of aromatic nitrogens is 1. The van der Waals surface area contributed by atoms with Crippen molar-refractivity contribution in [2.24, 2.45) is 5.14 Å². The number of halogens is 3. The number of ether oxygens (including phenoxy) is 2. The summed E-state index contributed by atoms with van der Waals surface area (Å²) in [6, 6.07) is 11.0. The highest BCUT2D eigenvalue weighted by atomic mass is 32.2. The number of benzene rings is 2. The Bertz CT molecular complexity index is 918. The summed E-state index contributed by atoms with van der Waals surface area (Å²) in [5.41, 5.74) is 0.0882. The Morgan fingerprint density at radius 1 is 1.08 bits per heavy atom. The smallest absolute Gasteiger partial charge is 0.421 e. The zero-order chi connectivity index (χ0) is 18.7. The number of nitrogens with one attached hydrogen (secondary N) is 1. The van der Waals surface area contributed by atoms with Crippen LogP contribution in [0.1, 0.15) is 5.56 Å². The number of hydrogen-bond donors (Lipinski definition) is 2. The second-order valence-electron chi connectivity index (χ2n) is 5.23. The normalized spacial score (nSPS) is 11.4. The topological polar surface area (TPSA) is 69.4 Å². The van der Waals surface area contributed by atoms with Crippen molar-refractivity contribution in [3.8, 4) is 17.2 Å². The van der Waals surface area contributed by atoms with E-state index in [0.717, 1.165) is 18.3 Å². The van der Waals surface area contributed by atoms with E-state index in [2.05, 4.69) is 9.71 Å². The minimum Gasteiger partial charge on any atom is -0.497 e. The molecule has 1 heterocycles. The van der Waals surface area contributed by atoms with Gasteiger partial charge in [0.15, 0.2) is 5.75 Å². The zero-order valence-corrected chi connectivity index (χ0v) is 14.3. The average Bonchev–Trinajstić information content (AvgIpc) is 2.62. The van der Waals surface area contributed by atoms with Gasteiger partial charge in [0.2, 0.25) is 0 Å². The molecule has 0 unspecified atom stereocenters. The highest BCUT2D eigenvalue weighted by molar-refractivity contribution is 7.98. The van der Waals surface area contributed by atoms with Gasteiger partial charge in [0.05, 0.1) is 12.6 Å². The number of rotatable bonds is 5. The third-order valence-corrected chi connectivity index (χ3v) is 3.94. The molecule has 0 aliphatic carbocycles. The van der Waals surface area contributed by atoms with Gasteiger partial charge in [0, 0.05) is 35.5 Å². The van der Waals surface area contributed by atoms with Crippen LogP contribution < -0.4 is 19.3 Å². The van der Waals surface area contributed by atoms with Crippen molar-refractivity contribution in [3.05, 3.63) is 54.2 Å². The first-order chi connectivity index (χ1) is 12.4. The highest BCUT2D eigenvalue weighted by Gasteiger charge is 2.36. The predicted molar refractivity (Wildman–Crippen MR) is 95.2 cm³/mol. The van der Waals surface area contributed by atoms with E-state index in [0.29, 0.717) is 17.0 Å². The quantitative estimate of drug-likeness (QED) is 0.607. The largest absolute Gasteiger partial charge is 0.497 e. The van der Waals surface area contributed by atoms with E-state index in [4.69, 9.17) is 14.6 Å². The van der Waals surface area contributed by atoms with Crippen LogP contribution in [0.15, 0.2) is 48.7 Å². The maximum Gasteiger partial charge on any atom is 0.421 e. The summed E-state index contributed by atoms with van der Waals surface area (Å²) >= 11 is 0.916. The third-order valence-electron chi connectivity index (χ3n) is 3.58. The fourth-order valence-corrected chi connectivity index (χ4v) is 2.64. The van der Waals surface area contributed by atoms with Crippen molar-refractivity contribution < 1.29 is 22.6 Å². The van der Waals surface area contributed by atoms with Crippen molar-refractivity contribution in [1.29, 1.82) is 0 Å². The Morgan fingerprint density at radius 2 is 1.77 bits per heavy atom. The lowest BCUT2D eigenvalue weighted by molar-refractivity contribution is -0.138. The van der Waals surface area contributed by atoms with Gasteiger partial charge in [-0.25, -0.2) is 0 Å². The number of fused-ring (bicyclic) bond motifs is 1. The van der Waals surface area contributed by atoms with E-state index in [1.54, 1.807) is 36.4 Å². The number of nitrogens with two attached hydrogens (primary N) is 1. The number of pyridine rings is 1. The van der Waals surface area contributed by atoms with E-state index in [-0.39, 0.29) is 16.9 Å². The van der Waals surface area contributed by atoms with E-state index >= 15 is 0 Å². The molecule has 0 aliphatic rings. The molecule has 0 amide bonds. The number of alkyl halides is 3.